The fourth-order valence-electron chi connectivity index (χ4n) is 4.73. The molecule has 30 heavy (non-hydrogen) atoms. The summed E-state index contributed by atoms with van der Waals surface area (Å²) in [6, 6.07) is 7.10. The third kappa shape index (κ3) is 5.72. The molecule has 0 bridgehead atoms. The highest BCUT2D eigenvalue weighted by Crippen LogP contribution is 2.31. The van der Waals surface area contributed by atoms with Gasteiger partial charge in [0.2, 0.25) is 5.91 Å². The maximum absolute atomic E-state index is 12.1. The van der Waals surface area contributed by atoms with Crippen molar-refractivity contribution in [2.45, 2.75) is 71.8 Å². The van der Waals surface area contributed by atoms with Gasteiger partial charge >= 0.3 is 0 Å². The van der Waals surface area contributed by atoms with Crippen molar-refractivity contribution in [3.63, 3.8) is 0 Å². The SMILES string of the molecule is CCCN(C[C@@H](CC)CNC(=O)CCCC(C)=O)C1Cc2cccc3[nH]cc(c23)C1. The van der Waals surface area contributed by atoms with E-state index >= 15 is 0 Å². The molecule has 5 heteroatoms. The summed E-state index contributed by atoms with van der Waals surface area (Å²) in [6.45, 7) is 8.85. The van der Waals surface area contributed by atoms with Gasteiger partial charge in [-0.05, 0) is 62.3 Å². The van der Waals surface area contributed by atoms with Crippen LogP contribution in [0.15, 0.2) is 24.4 Å². The van der Waals surface area contributed by atoms with Gasteiger partial charge in [0.15, 0.2) is 0 Å². The zero-order valence-electron chi connectivity index (χ0n) is 18.8. The van der Waals surface area contributed by atoms with Crippen molar-refractivity contribution in [3.05, 3.63) is 35.5 Å². The zero-order valence-corrected chi connectivity index (χ0v) is 18.8. The van der Waals surface area contributed by atoms with Gasteiger partial charge in [0.25, 0.3) is 0 Å². The summed E-state index contributed by atoms with van der Waals surface area (Å²) < 4.78 is 0. The Morgan fingerprint density at radius 3 is 2.73 bits per heavy atom. The third-order valence-corrected chi connectivity index (χ3v) is 6.40. The van der Waals surface area contributed by atoms with E-state index in [9.17, 15) is 9.59 Å². The maximum Gasteiger partial charge on any atom is 0.220 e. The van der Waals surface area contributed by atoms with Crippen molar-refractivity contribution < 1.29 is 9.59 Å². The molecule has 0 aliphatic heterocycles. The second kappa shape index (κ2) is 10.8. The summed E-state index contributed by atoms with van der Waals surface area (Å²) in [7, 11) is 0. The standard InChI is InChI=1S/C25H37N3O2/c1-4-12-28(17-19(5-2)15-27-24(30)11-6-8-18(3)29)22-13-20-9-7-10-23-25(20)21(14-22)16-26-23/h7,9-10,16,19,22,26H,4-6,8,11-15,17H2,1-3H3,(H,27,30)/t19-,22?/m0/s1. The second-order valence-corrected chi connectivity index (χ2v) is 8.84. The lowest BCUT2D eigenvalue weighted by Gasteiger charge is -2.36. The number of rotatable bonds is 12. The Kier molecular flexibility index (Phi) is 8.08. The molecule has 1 aromatic carbocycles. The zero-order chi connectivity index (χ0) is 21.5. The van der Waals surface area contributed by atoms with E-state index in [-0.39, 0.29) is 11.7 Å². The highest BCUT2D eigenvalue weighted by molar-refractivity contribution is 5.87. The molecule has 1 amide bonds. The van der Waals surface area contributed by atoms with E-state index in [4.69, 9.17) is 0 Å². The van der Waals surface area contributed by atoms with Gasteiger partial charge in [-0.2, -0.15) is 0 Å². The van der Waals surface area contributed by atoms with Gasteiger partial charge in [-0.15, -0.1) is 0 Å². The first-order chi connectivity index (χ1) is 14.5. The van der Waals surface area contributed by atoms with Crippen LogP contribution in [0.3, 0.4) is 0 Å². The van der Waals surface area contributed by atoms with Crippen LogP contribution in [-0.2, 0) is 22.4 Å². The number of ketones is 1. The number of carbonyl (C=O) groups excluding carboxylic acids is 2. The molecular formula is C25H37N3O2. The minimum Gasteiger partial charge on any atom is -0.361 e. The molecule has 1 heterocycles. The number of H-pyrrole nitrogens is 1. The molecule has 1 aliphatic rings. The van der Waals surface area contributed by atoms with Gasteiger partial charge in [-0.3, -0.25) is 9.69 Å². The molecule has 1 aliphatic carbocycles. The Hall–Kier alpha value is -2.14. The summed E-state index contributed by atoms with van der Waals surface area (Å²) in [5, 5.41) is 4.53. The number of aromatic nitrogens is 1. The van der Waals surface area contributed by atoms with Crippen LogP contribution in [0.2, 0.25) is 0 Å². The number of benzene rings is 1. The van der Waals surface area contributed by atoms with Crippen LogP contribution in [0.4, 0.5) is 0 Å². The molecule has 1 unspecified atom stereocenters. The summed E-state index contributed by atoms with van der Waals surface area (Å²) in [5.41, 5.74) is 4.14. The van der Waals surface area contributed by atoms with E-state index in [0.29, 0.717) is 37.8 Å². The van der Waals surface area contributed by atoms with Crippen molar-refractivity contribution in [2.75, 3.05) is 19.6 Å². The molecule has 5 nitrogen and oxygen atoms in total. The van der Waals surface area contributed by atoms with Crippen LogP contribution in [0, 0.1) is 5.92 Å². The van der Waals surface area contributed by atoms with E-state index in [2.05, 4.69) is 53.4 Å². The molecule has 2 N–H and O–H groups in total. The van der Waals surface area contributed by atoms with Crippen LogP contribution in [0.25, 0.3) is 10.9 Å². The largest absolute Gasteiger partial charge is 0.361 e. The molecule has 1 aromatic heterocycles. The second-order valence-electron chi connectivity index (χ2n) is 8.84. The van der Waals surface area contributed by atoms with Crippen molar-refractivity contribution in [1.82, 2.24) is 15.2 Å². The Balaban J connectivity index is 1.57. The summed E-state index contributed by atoms with van der Waals surface area (Å²) in [6.07, 6.45) is 8.12. The van der Waals surface area contributed by atoms with Crippen molar-refractivity contribution in [3.8, 4) is 0 Å². The predicted octanol–water partition coefficient (Wildman–Crippen LogP) is 4.25. The normalized spacial score (nSPS) is 16.7. The molecule has 0 spiro atoms. The number of hydrogen-bond acceptors (Lipinski definition) is 3. The van der Waals surface area contributed by atoms with Gasteiger partial charge in [0, 0.05) is 49.1 Å². The van der Waals surface area contributed by atoms with Crippen LogP contribution in [0.1, 0.15) is 64.0 Å². The van der Waals surface area contributed by atoms with Gasteiger partial charge in [0.05, 0.1) is 0 Å². The first-order valence-corrected chi connectivity index (χ1v) is 11.6. The minimum absolute atomic E-state index is 0.0676. The topological polar surface area (TPSA) is 65.2 Å². The molecule has 0 saturated carbocycles. The third-order valence-electron chi connectivity index (χ3n) is 6.40. The summed E-state index contributed by atoms with van der Waals surface area (Å²) >= 11 is 0. The number of nitrogens with zero attached hydrogens (tertiary/aromatic N) is 1. The van der Waals surface area contributed by atoms with Gasteiger partial charge in [0.1, 0.15) is 5.78 Å². The van der Waals surface area contributed by atoms with Crippen LogP contribution in [-0.4, -0.2) is 47.3 Å². The Morgan fingerprint density at radius 2 is 2.00 bits per heavy atom. The average molecular weight is 412 g/mol. The van der Waals surface area contributed by atoms with Crippen molar-refractivity contribution in [2.24, 2.45) is 5.92 Å². The molecular weight excluding hydrogens is 374 g/mol. The molecule has 0 fully saturated rings. The van der Waals surface area contributed by atoms with Crippen LogP contribution >= 0.6 is 0 Å². The highest BCUT2D eigenvalue weighted by Gasteiger charge is 2.27. The van der Waals surface area contributed by atoms with Gasteiger partial charge in [-0.1, -0.05) is 32.4 Å². The molecule has 2 aromatic rings. The Morgan fingerprint density at radius 1 is 1.20 bits per heavy atom. The lowest BCUT2D eigenvalue weighted by atomic mass is 9.87. The first-order valence-electron chi connectivity index (χ1n) is 11.6. The van der Waals surface area contributed by atoms with E-state index in [1.165, 1.54) is 22.0 Å². The molecule has 0 radical (unpaired) electrons. The number of carbonyl (C=O) groups is 2. The fraction of sp³-hybridized carbons (Fsp3) is 0.600. The number of hydrogen-bond donors (Lipinski definition) is 2. The molecule has 2 atom stereocenters. The van der Waals surface area contributed by atoms with Gasteiger partial charge in [-0.25, -0.2) is 0 Å². The van der Waals surface area contributed by atoms with E-state index in [1.54, 1.807) is 6.92 Å². The van der Waals surface area contributed by atoms with E-state index < -0.39 is 0 Å². The molecule has 3 rings (SSSR count). The minimum atomic E-state index is 0.0676. The Bertz CT molecular complexity index is 857. The quantitative estimate of drug-likeness (QED) is 0.549. The van der Waals surface area contributed by atoms with E-state index in [1.807, 2.05) is 0 Å². The van der Waals surface area contributed by atoms with Crippen LogP contribution in [0.5, 0.6) is 0 Å². The highest BCUT2D eigenvalue weighted by atomic mass is 16.1. The Labute approximate surface area is 180 Å². The van der Waals surface area contributed by atoms with Crippen molar-refractivity contribution >= 4 is 22.6 Å². The molecule has 0 saturated heterocycles. The number of aromatic amines is 1. The first kappa shape index (κ1) is 22.5. The number of nitrogens with one attached hydrogen (secondary N) is 2. The molecule has 164 valence electrons. The van der Waals surface area contributed by atoms with Gasteiger partial charge < -0.3 is 15.1 Å². The predicted molar refractivity (Wildman–Crippen MR) is 123 cm³/mol. The lowest BCUT2D eigenvalue weighted by Crippen LogP contribution is -2.45. The lowest BCUT2D eigenvalue weighted by molar-refractivity contribution is -0.121. The maximum atomic E-state index is 12.1. The summed E-state index contributed by atoms with van der Waals surface area (Å²) in [4.78, 5) is 29.3. The summed E-state index contributed by atoms with van der Waals surface area (Å²) in [5.74, 6) is 0.660. The fourth-order valence-corrected chi connectivity index (χ4v) is 4.73. The number of Topliss-reactive ketones (excluding diaryl/α,β-unsaturated/α-hetero) is 1. The van der Waals surface area contributed by atoms with Crippen molar-refractivity contribution in [1.29, 1.82) is 0 Å². The monoisotopic (exact) mass is 411 g/mol. The average Bonchev–Trinajstić information content (AvgIpc) is 3.14. The van der Waals surface area contributed by atoms with Crippen LogP contribution < -0.4 is 5.32 Å². The smallest absolute Gasteiger partial charge is 0.220 e. The number of amides is 1. The van der Waals surface area contributed by atoms with E-state index in [0.717, 1.165) is 38.8 Å².